The van der Waals surface area contributed by atoms with Crippen molar-refractivity contribution >= 4 is 33.4 Å². The second kappa shape index (κ2) is 5.81. The summed E-state index contributed by atoms with van der Waals surface area (Å²) >= 11 is 9.39. The normalized spacial score (nSPS) is 17.5. The number of nitrogens with zero attached hydrogens (tertiary/aromatic N) is 1. The molecule has 0 saturated heterocycles. The number of hydrogen-bond acceptors (Lipinski definition) is 2. The highest BCUT2D eigenvalue weighted by Gasteiger charge is 2.33. The molecule has 0 bridgehead atoms. The standard InChI is InChI=1S/C14H17BrClNO2/c1-17(9-14(19)6-2-3-7-14)13(18)11-8-10(15)4-5-12(11)16/h4-5,8,19H,2-3,6-7,9H2,1H3. The van der Waals surface area contributed by atoms with Crippen molar-refractivity contribution in [3.05, 3.63) is 33.3 Å². The maximum atomic E-state index is 12.4. The Hall–Kier alpha value is -0.580. The van der Waals surface area contributed by atoms with Crippen molar-refractivity contribution in [2.45, 2.75) is 31.3 Å². The third-order valence-electron chi connectivity index (χ3n) is 3.57. The van der Waals surface area contributed by atoms with Gasteiger partial charge in [0.05, 0.1) is 16.2 Å². The molecule has 0 aliphatic heterocycles. The van der Waals surface area contributed by atoms with Gasteiger partial charge in [-0.3, -0.25) is 4.79 Å². The molecule has 104 valence electrons. The Balaban J connectivity index is 2.12. The molecule has 1 saturated carbocycles. The van der Waals surface area contributed by atoms with Gasteiger partial charge in [0.2, 0.25) is 0 Å². The number of hydrogen-bond donors (Lipinski definition) is 1. The van der Waals surface area contributed by atoms with E-state index in [0.717, 1.165) is 30.2 Å². The summed E-state index contributed by atoms with van der Waals surface area (Å²) in [5.74, 6) is -0.161. The number of carbonyl (C=O) groups excluding carboxylic acids is 1. The fraction of sp³-hybridized carbons (Fsp3) is 0.500. The maximum absolute atomic E-state index is 12.4. The van der Waals surface area contributed by atoms with Crippen LogP contribution in [0, 0.1) is 0 Å². The summed E-state index contributed by atoms with van der Waals surface area (Å²) in [6, 6.07) is 5.19. The topological polar surface area (TPSA) is 40.5 Å². The first-order chi connectivity index (χ1) is 8.91. The molecule has 0 atom stereocenters. The molecule has 1 N–H and O–H groups in total. The van der Waals surface area contributed by atoms with Gasteiger partial charge >= 0.3 is 0 Å². The molecule has 0 spiro atoms. The summed E-state index contributed by atoms with van der Waals surface area (Å²) in [4.78, 5) is 13.9. The van der Waals surface area contributed by atoms with Gasteiger partial charge in [-0.15, -0.1) is 0 Å². The second-order valence-electron chi connectivity index (χ2n) is 5.22. The van der Waals surface area contributed by atoms with Gasteiger partial charge in [-0.25, -0.2) is 0 Å². The third kappa shape index (κ3) is 3.50. The van der Waals surface area contributed by atoms with Crippen LogP contribution in [0.3, 0.4) is 0 Å². The van der Waals surface area contributed by atoms with Gasteiger partial charge < -0.3 is 10.0 Å². The highest BCUT2D eigenvalue weighted by atomic mass is 79.9. The van der Waals surface area contributed by atoms with E-state index in [-0.39, 0.29) is 5.91 Å². The molecule has 3 nitrogen and oxygen atoms in total. The summed E-state index contributed by atoms with van der Waals surface area (Å²) in [7, 11) is 1.70. The van der Waals surface area contributed by atoms with Crippen LogP contribution in [0.1, 0.15) is 36.0 Å². The summed E-state index contributed by atoms with van der Waals surface area (Å²) in [6.45, 7) is 0.356. The molecule has 1 aliphatic rings. The second-order valence-corrected chi connectivity index (χ2v) is 6.54. The quantitative estimate of drug-likeness (QED) is 0.910. The average molecular weight is 347 g/mol. The zero-order valence-corrected chi connectivity index (χ0v) is 13.2. The van der Waals surface area contributed by atoms with Crippen molar-refractivity contribution in [1.82, 2.24) is 4.90 Å². The predicted octanol–water partition coefficient (Wildman–Crippen LogP) is 3.48. The largest absolute Gasteiger partial charge is 0.388 e. The molecule has 0 aromatic heterocycles. The molecule has 1 aromatic rings. The van der Waals surface area contributed by atoms with E-state index in [9.17, 15) is 9.90 Å². The van der Waals surface area contributed by atoms with Gasteiger partial charge in [-0.05, 0) is 31.0 Å². The van der Waals surface area contributed by atoms with Crippen LogP contribution in [-0.2, 0) is 0 Å². The molecule has 0 radical (unpaired) electrons. The SMILES string of the molecule is CN(CC1(O)CCCC1)C(=O)c1cc(Br)ccc1Cl. The molecule has 0 unspecified atom stereocenters. The molecular weight excluding hydrogens is 330 g/mol. The van der Waals surface area contributed by atoms with Gasteiger partial charge in [-0.1, -0.05) is 40.4 Å². The van der Waals surface area contributed by atoms with Crippen LogP contribution in [-0.4, -0.2) is 35.1 Å². The molecule has 19 heavy (non-hydrogen) atoms. The van der Waals surface area contributed by atoms with Crippen LogP contribution < -0.4 is 0 Å². The van der Waals surface area contributed by atoms with Crippen molar-refractivity contribution in [3.63, 3.8) is 0 Å². The Morgan fingerprint density at radius 1 is 1.47 bits per heavy atom. The molecule has 0 heterocycles. The van der Waals surface area contributed by atoms with Crippen molar-refractivity contribution in [3.8, 4) is 0 Å². The third-order valence-corrected chi connectivity index (χ3v) is 4.39. The Morgan fingerprint density at radius 3 is 2.74 bits per heavy atom. The predicted molar refractivity (Wildman–Crippen MR) is 79.5 cm³/mol. The van der Waals surface area contributed by atoms with Gasteiger partial charge in [0.15, 0.2) is 0 Å². The molecule has 2 rings (SSSR count). The lowest BCUT2D eigenvalue weighted by atomic mass is 10.0. The van der Waals surface area contributed by atoms with E-state index >= 15 is 0 Å². The number of rotatable bonds is 3. The van der Waals surface area contributed by atoms with E-state index < -0.39 is 5.60 Å². The van der Waals surface area contributed by atoms with Crippen LogP contribution in [0.5, 0.6) is 0 Å². The first-order valence-electron chi connectivity index (χ1n) is 6.34. The van der Waals surface area contributed by atoms with E-state index in [2.05, 4.69) is 15.9 Å². The van der Waals surface area contributed by atoms with Crippen LogP contribution >= 0.6 is 27.5 Å². The van der Waals surface area contributed by atoms with E-state index in [4.69, 9.17) is 11.6 Å². The van der Waals surface area contributed by atoms with Crippen LogP contribution in [0.2, 0.25) is 5.02 Å². The highest BCUT2D eigenvalue weighted by molar-refractivity contribution is 9.10. The number of aliphatic hydroxyl groups is 1. The fourth-order valence-electron chi connectivity index (χ4n) is 2.57. The zero-order valence-electron chi connectivity index (χ0n) is 10.8. The fourth-order valence-corrected chi connectivity index (χ4v) is 3.13. The van der Waals surface area contributed by atoms with E-state index in [1.54, 1.807) is 30.1 Å². The van der Waals surface area contributed by atoms with E-state index in [0.29, 0.717) is 17.1 Å². The first kappa shape index (κ1) is 14.8. The summed E-state index contributed by atoms with van der Waals surface area (Å²) in [6.07, 6.45) is 3.57. The number of likely N-dealkylation sites (N-methyl/N-ethyl adjacent to an activating group) is 1. The van der Waals surface area contributed by atoms with Crippen LogP contribution in [0.15, 0.2) is 22.7 Å². The highest BCUT2D eigenvalue weighted by Crippen LogP contribution is 2.30. The summed E-state index contributed by atoms with van der Waals surface area (Å²) < 4.78 is 0.813. The minimum absolute atomic E-state index is 0.161. The summed E-state index contributed by atoms with van der Waals surface area (Å²) in [5, 5.41) is 10.8. The Bertz CT molecular complexity index is 486. The molecule has 1 aliphatic carbocycles. The lowest BCUT2D eigenvalue weighted by Gasteiger charge is -2.28. The number of benzene rings is 1. The Kier molecular flexibility index (Phi) is 4.54. The minimum Gasteiger partial charge on any atom is -0.388 e. The van der Waals surface area contributed by atoms with Crippen molar-refractivity contribution in [2.75, 3.05) is 13.6 Å². The monoisotopic (exact) mass is 345 g/mol. The minimum atomic E-state index is -0.733. The first-order valence-corrected chi connectivity index (χ1v) is 7.51. The van der Waals surface area contributed by atoms with Gasteiger partial charge in [-0.2, -0.15) is 0 Å². The molecule has 1 aromatic carbocycles. The van der Waals surface area contributed by atoms with E-state index in [1.807, 2.05) is 0 Å². The molecule has 5 heteroatoms. The zero-order chi connectivity index (χ0) is 14.0. The molecule has 1 fully saturated rings. The van der Waals surface area contributed by atoms with Crippen molar-refractivity contribution in [1.29, 1.82) is 0 Å². The summed E-state index contributed by atoms with van der Waals surface area (Å²) in [5.41, 5.74) is -0.275. The van der Waals surface area contributed by atoms with Gasteiger partial charge in [0.25, 0.3) is 5.91 Å². The maximum Gasteiger partial charge on any atom is 0.255 e. The number of amides is 1. The Morgan fingerprint density at radius 2 is 2.11 bits per heavy atom. The van der Waals surface area contributed by atoms with Crippen molar-refractivity contribution in [2.24, 2.45) is 0 Å². The molecule has 1 amide bonds. The van der Waals surface area contributed by atoms with E-state index in [1.165, 1.54) is 0 Å². The number of carbonyl (C=O) groups is 1. The van der Waals surface area contributed by atoms with Gasteiger partial charge in [0, 0.05) is 18.1 Å². The lowest BCUT2D eigenvalue weighted by molar-refractivity contribution is 0.0157. The number of halogens is 2. The average Bonchev–Trinajstić information content (AvgIpc) is 2.78. The lowest BCUT2D eigenvalue weighted by Crippen LogP contribution is -2.42. The van der Waals surface area contributed by atoms with Crippen LogP contribution in [0.4, 0.5) is 0 Å². The van der Waals surface area contributed by atoms with Gasteiger partial charge in [0.1, 0.15) is 0 Å². The molecular formula is C14H17BrClNO2. The Labute approximate surface area is 126 Å². The smallest absolute Gasteiger partial charge is 0.255 e. The van der Waals surface area contributed by atoms with Crippen molar-refractivity contribution < 1.29 is 9.90 Å². The van der Waals surface area contributed by atoms with Crippen LogP contribution in [0.25, 0.3) is 0 Å².